The van der Waals surface area contributed by atoms with Gasteiger partial charge in [0.2, 0.25) is 0 Å². The number of carboxylic acids is 1. The molecule has 0 saturated carbocycles. The lowest BCUT2D eigenvalue weighted by atomic mass is 9.75. The number of likely N-dealkylation sites (tertiary alicyclic amines) is 1. The van der Waals surface area contributed by atoms with Crippen LogP contribution in [0.2, 0.25) is 0 Å². The van der Waals surface area contributed by atoms with E-state index in [1.165, 1.54) is 12.1 Å². The standard InChI is InChI=1S/C24H35N5O5/c1-22(2,3)29-19(7-10-25-29)27-18-14-17(30)13-16(26-18)15-24(20(31)32)8-11-28(12-9-24)21(33)34-23(4,5)6/h7,10,13-14H,8-9,11-12,15H2,1-6H3,(H,31,32)(H2,26,27,30). The predicted octanol–water partition coefficient (Wildman–Crippen LogP) is 3.71. The van der Waals surface area contributed by atoms with Gasteiger partial charge in [0, 0.05) is 43.4 Å². The van der Waals surface area contributed by atoms with E-state index in [0.29, 0.717) is 17.3 Å². The van der Waals surface area contributed by atoms with E-state index in [1.807, 2.05) is 25.5 Å². The molecule has 1 aliphatic heterocycles. The zero-order valence-electron chi connectivity index (χ0n) is 20.8. The quantitative estimate of drug-likeness (QED) is 0.603. The van der Waals surface area contributed by atoms with Crippen LogP contribution in [0.1, 0.15) is 60.1 Å². The van der Waals surface area contributed by atoms with Crippen molar-refractivity contribution in [2.75, 3.05) is 18.4 Å². The Bertz CT molecular complexity index is 1100. The molecule has 3 heterocycles. The normalized spacial score (nSPS) is 16.2. The number of aromatic amines is 1. The summed E-state index contributed by atoms with van der Waals surface area (Å²) in [7, 11) is 0. The zero-order chi connectivity index (χ0) is 25.3. The van der Waals surface area contributed by atoms with Crippen LogP contribution in [0.25, 0.3) is 0 Å². The van der Waals surface area contributed by atoms with Crippen molar-refractivity contribution in [3.05, 3.63) is 40.3 Å². The maximum Gasteiger partial charge on any atom is 0.410 e. The Morgan fingerprint density at radius 1 is 1.18 bits per heavy atom. The fourth-order valence-corrected chi connectivity index (χ4v) is 4.11. The Morgan fingerprint density at radius 3 is 2.38 bits per heavy atom. The summed E-state index contributed by atoms with van der Waals surface area (Å²) in [5.74, 6) is 0.223. The third kappa shape index (κ3) is 5.98. The lowest BCUT2D eigenvalue weighted by Crippen LogP contribution is -2.49. The average molecular weight is 474 g/mol. The van der Waals surface area contributed by atoms with Gasteiger partial charge in [-0.3, -0.25) is 9.59 Å². The molecule has 2 aromatic rings. The van der Waals surface area contributed by atoms with Crippen LogP contribution in [0.3, 0.4) is 0 Å². The summed E-state index contributed by atoms with van der Waals surface area (Å²) < 4.78 is 7.22. The number of rotatable bonds is 5. The van der Waals surface area contributed by atoms with Gasteiger partial charge in [0.1, 0.15) is 17.2 Å². The van der Waals surface area contributed by atoms with E-state index in [-0.39, 0.29) is 43.3 Å². The monoisotopic (exact) mass is 473 g/mol. The number of hydrogen-bond acceptors (Lipinski definition) is 6. The summed E-state index contributed by atoms with van der Waals surface area (Å²) in [6, 6.07) is 4.67. The fourth-order valence-electron chi connectivity index (χ4n) is 4.11. The first-order valence-electron chi connectivity index (χ1n) is 11.4. The van der Waals surface area contributed by atoms with Crippen LogP contribution in [0.5, 0.6) is 0 Å². The highest BCUT2D eigenvalue weighted by Crippen LogP contribution is 2.36. The molecule has 0 radical (unpaired) electrons. The summed E-state index contributed by atoms with van der Waals surface area (Å²) in [6.45, 7) is 12.0. The van der Waals surface area contributed by atoms with E-state index in [0.717, 1.165) is 0 Å². The molecule has 3 N–H and O–H groups in total. The topological polar surface area (TPSA) is 130 Å². The summed E-state index contributed by atoms with van der Waals surface area (Å²) in [5.41, 5.74) is -1.69. The molecule has 1 amide bonds. The average Bonchev–Trinajstić information content (AvgIpc) is 3.15. The molecule has 3 rings (SSSR count). The first kappa shape index (κ1) is 25.3. The third-order valence-corrected chi connectivity index (χ3v) is 5.79. The van der Waals surface area contributed by atoms with E-state index >= 15 is 0 Å². The van der Waals surface area contributed by atoms with Crippen LogP contribution in [0, 0.1) is 5.41 Å². The summed E-state index contributed by atoms with van der Waals surface area (Å²) >= 11 is 0. The highest BCUT2D eigenvalue weighted by Gasteiger charge is 2.43. The van der Waals surface area contributed by atoms with Crippen molar-refractivity contribution in [2.24, 2.45) is 5.41 Å². The van der Waals surface area contributed by atoms with Crippen LogP contribution in [-0.2, 0) is 21.5 Å². The molecule has 1 saturated heterocycles. The van der Waals surface area contributed by atoms with Crippen LogP contribution < -0.4 is 10.7 Å². The minimum atomic E-state index is -1.09. The van der Waals surface area contributed by atoms with Gasteiger partial charge >= 0.3 is 12.1 Å². The highest BCUT2D eigenvalue weighted by atomic mass is 16.6. The summed E-state index contributed by atoms with van der Waals surface area (Å²) in [4.78, 5) is 41.8. The summed E-state index contributed by atoms with van der Waals surface area (Å²) in [5, 5.41) is 17.6. The Hall–Kier alpha value is -3.30. The first-order chi connectivity index (χ1) is 15.7. The molecule has 0 aromatic carbocycles. The number of hydrogen-bond donors (Lipinski definition) is 3. The molecule has 186 valence electrons. The van der Waals surface area contributed by atoms with Crippen molar-refractivity contribution in [3.8, 4) is 0 Å². The second kappa shape index (κ2) is 9.15. The fraction of sp³-hybridized carbons (Fsp3) is 0.583. The molecular formula is C24H35N5O5. The molecule has 10 nitrogen and oxygen atoms in total. The SMILES string of the molecule is CC(C)(C)OC(=O)N1CCC(Cc2cc(=O)cc(Nc3ccnn3C(C)(C)C)[nH]2)(C(=O)O)CC1. The Labute approximate surface area is 199 Å². The minimum absolute atomic E-state index is 0.147. The van der Waals surface area contributed by atoms with Gasteiger partial charge in [0.25, 0.3) is 0 Å². The van der Waals surface area contributed by atoms with Gasteiger partial charge in [-0.25, -0.2) is 9.48 Å². The van der Waals surface area contributed by atoms with Gasteiger partial charge in [-0.05, 0) is 54.4 Å². The number of nitrogens with zero attached hydrogens (tertiary/aromatic N) is 3. The molecule has 2 aromatic heterocycles. The zero-order valence-corrected chi connectivity index (χ0v) is 20.8. The molecular weight excluding hydrogens is 438 g/mol. The van der Waals surface area contributed by atoms with Crippen LogP contribution >= 0.6 is 0 Å². The Kier molecular flexibility index (Phi) is 6.82. The van der Waals surface area contributed by atoms with Crippen molar-refractivity contribution in [2.45, 2.75) is 71.9 Å². The number of carboxylic acid groups (broad SMARTS) is 1. The molecule has 1 fully saturated rings. The Morgan fingerprint density at radius 2 is 1.82 bits per heavy atom. The van der Waals surface area contributed by atoms with Gasteiger partial charge in [-0.2, -0.15) is 5.10 Å². The lowest BCUT2D eigenvalue weighted by Gasteiger charge is -2.39. The number of nitrogens with one attached hydrogen (secondary N) is 2. The summed E-state index contributed by atoms with van der Waals surface area (Å²) in [6.07, 6.45) is 1.90. The number of amides is 1. The second-order valence-corrected chi connectivity index (χ2v) is 10.9. The number of ether oxygens (including phenoxy) is 1. The highest BCUT2D eigenvalue weighted by molar-refractivity contribution is 5.76. The molecule has 0 spiro atoms. The van der Waals surface area contributed by atoms with Crippen molar-refractivity contribution in [1.82, 2.24) is 19.7 Å². The molecule has 0 bridgehead atoms. The van der Waals surface area contributed by atoms with E-state index < -0.39 is 23.1 Å². The van der Waals surface area contributed by atoms with Crippen molar-refractivity contribution < 1.29 is 19.4 Å². The maximum atomic E-state index is 12.4. The van der Waals surface area contributed by atoms with E-state index in [1.54, 1.807) is 37.9 Å². The molecule has 0 atom stereocenters. The van der Waals surface area contributed by atoms with Gasteiger partial charge in [-0.15, -0.1) is 0 Å². The molecule has 0 aliphatic carbocycles. The number of pyridine rings is 1. The van der Waals surface area contributed by atoms with Crippen LogP contribution in [-0.4, -0.2) is 55.5 Å². The number of aliphatic carboxylic acids is 1. The van der Waals surface area contributed by atoms with E-state index in [9.17, 15) is 19.5 Å². The van der Waals surface area contributed by atoms with Crippen molar-refractivity contribution in [3.63, 3.8) is 0 Å². The van der Waals surface area contributed by atoms with Gasteiger partial charge in [0.05, 0.1) is 17.2 Å². The van der Waals surface area contributed by atoms with Crippen LogP contribution in [0.15, 0.2) is 29.2 Å². The third-order valence-electron chi connectivity index (χ3n) is 5.79. The van der Waals surface area contributed by atoms with E-state index in [4.69, 9.17) is 4.74 Å². The number of aromatic nitrogens is 3. The molecule has 34 heavy (non-hydrogen) atoms. The smallest absolute Gasteiger partial charge is 0.410 e. The predicted molar refractivity (Wildman–Crippen MR) is 128 cm³/mol. The minimum Gasteiger partial charge on any atom is -0.481 e. The van der Waals surface area contributed by atoms with Crippen LogP contribution in [0.4, 0.5) is 16.4 Å². The van der Waals surface area contributed by atoms with Crippen molar-refractivity contribution in [1.29, 1.82) is 0 Å². The number of anilines is 2. The van der Waals surface area contributed by atoms with Gasteiger partial charge < -0.3 is 25.0 Å². The van der Waals surface area contributed by atoms with Gasteiger partial charge in [-0.1, -0.05) is 0 Å². The van der Waals surface area contributed by atoms with Gasteiger partial charge in [0.15, 0.2) is 5.43 Å². The molecule has 1 aliphatic rings. The number of carbonyl (C=O) groups is 2. The number of piperidine rings is 1. The maximum absolute atomic E-state index is 12.4. The number of H-pyrrole nitrogens is 1. The first-order valence-corrected chi connectivity index (χ1v) is 11.4. The second-order valence-electron chi connectivity index (χ2n) is 10.9. The van der Waals surface area contributed by atoms with Crippen molar-refractivity contribution >= 4 is 23.7 Å². The Balaban J connectivity index is 1.78. The molecule has 10 heteroatoms. The van der Waals surface area contributed by atoms with E-state index in [2.05, 4.69) is 15.4 Å². The molecule has 0 unspecified atom stereocenters. The largest absolute Gasteiger partial charge is 0.481 e. The number of carbonyl (C=O) groups excluding carboxylic acids is 1. The lowest BCUT2D eigenvalue weighted by molar-refractivity contribution is -0.152.